The highest BCUT2D eigenvalue weighted by Crippen LogP contribution is 2.39. The normalized spacial score (nSPS) is 21.4. The second-order valence-electron chi connectivity index (χ2n) is 8.82. The molecular weight excluding hydrogens is 400 g/mol. The van der Waals surface area contributed by atoms with E-state index in [-0.39, 0.29) is 17.4 Å². The smallest absolute Gasteiger partial charge is 0.157 e. The highest BCUT2D eigenvalue weighted by Gasteiger charge is 2.27. The van der Waals surface area contributed by atoms with Crippen molar-refractivity contribution in [2.45, 2.75) is 50.4 Å². The van der Waals surface area contributed by atoms with Crippen LogP contribution >= 0.6 is 0 Å². The van der Waals surface area contributed by atoms with Gasteiger partial charge in [0.15, 0.2) is 11.5 Å². The van der Waals surface area contributed by atoms with Crippen LogP contribution in [0, 0.1) is 0 Å². The number of aromatic nitrogens is 2. The van der Waals surface area contributed by atoms with Crippen LogP contribution in [0.1, 0.15) is 65.5 Å². The summed E-state index contributed by atoms with van der Waals surface area (Å²) in [5.41, 5.74) is 6.39. The predicted molar refractivity (Wildman–Crippen MR) is 126 cm³/mol. The van der Waals surface area contributed by atoms with Gasteiger partial charge in [0.2, 0.25) is 0 Å². The average molecular weight is 431 g/mol. The van der Waals surface area contributed by atoms with Gasteiger partial charge in [-0.3, -0.25) is 4.99 Å². The number of nitrogens with zero attached hydrogens (tertiary/aromatic N) is 2. The van der Waals surface area contributed by atoms with E-state index in [0.717, 1.165) is 49.3 Å². The number of rotatable bonds is 2. The van der Waals surface area contributed by atoms with Crippen molar-refractivity contribution in [3.05, 3.63) is 76.9 Å². The summed E-state index contributed by atoms with van der Waals surface area (Å²) in [5.74, 6) is 1.74. The maximum absolute atomic E-state index is 9.63. The van der Waals surface area contributed by atoms with Crippen LogP contribution in [-0.2, 0) is 12.8 Å². The molecule has 0 saturated carbocycles. The summed E-state index contributed by atoms with van der Waals surface area (Å²) in [6, 6.07) is 12.1. The first-order valence-corrected chi connectivity index (χ1v) is 11.6. The molecule has 2 unspecified atom stereocenters. The van der Waals surface area contributed by atoms with Crippen molar-refractivity contribution < 1.29 is 10.2 Å². The number of benzene rings is 2. The highest BCUT2D eigenvalue weighted by molar-refractivity contribution is 5.90. The maximum Gasteiger partial charge on any atom is 0.157 e. The van der Waals surface area contributed by atoms with Crippen LogP contribution in [0.15, 0.2) is 53.9 Å². The number of phenolic OH excluding ortho intramolecular Hbond substituents is 2. The van der Waals surface area contributed by atoms with E-state index in [1.165, 1.54) is 36.1 Å². The summed E-state index contributed by atoms with van der Waals surface area (Å²) in [7, 11) is 0. The van der Waals surface area contributed by atoms with Crippen LogP contribution in [0.4, 0.5) is 0 Å². The number of phenols is 2. The second kappa shape index (κ2) is 9.07. The fraction of sp³-hybridized carbons (Fsp3) is 0.385. The molecule has 166 valence electrons. The molecule has 1 aliphatic heterocycles. The van der Waals surface area contributed by atoms with Gasteiger partial charge in [-0.05, 0) is 72.9 Å². The number of aromatic amines is 1. The number of fused-ring (bicyclic) bond motifs is 2. The van der Waals surface area contributed by atoms with Crippen molar-refractivity contribution in [1.82, 2.24) is 15.3 Å². The van der Waals surface area contributed by atoms with Gasteiger partial charge >= 0.3 is 0 Å². The Morgan fingerprint density at radius 2 is 1.66 bits per heavy atom. The number of hydrogen-bond acceptors (Lipinski definition) is 5. The van der Waals surface area contributed by atoms with E-state index in [9.17, 15) is 10.2 Å². The third kappa shape index (κ3) is 4.09. The van der Waals surface area contributed by atoms with Crippen LogP contribution in [0.2, 0.25) is 0 Å². The van der Waals surface area contributed by atoms with E-state index in [1.807, 2.05) is 6.20 Å². The van der Waals surface area contributed by atoms with E-state index in [2.05, 4.69) is 44.5 Å². The van der Waals surface area contributed by atoms with Gasteiger partial charge in [-0.1, -0.05) is 24.3 Å². The Morgan fingerprint density at radius 3 is 2.44 bits per heavy atom. The van der Waals surface area contributed by atoms with Crippen molar-refractivity contribution in [3.8, 4) is 11.5 Å². The third-order valence-corrected chi connectivity index (χ3v) is 6.83. The lowest BCUT2D eigenvalue weighted by molar-refractivity contribution is 0.401. The summed E-state index contributed by atoms with van der Waals surface area (Å²) in [5, 5.41) is 22.5. The van der Waals surface area contributed by atoms with Crippen LogP contribution in [0.5, 0.6) is 11.5 Å². The Morgan fingerprint density at radius 1 is 0.875 bits per heavy atom. The Bertz CT molecular complexity index is 1110. The van der Waals surface area contributed by atoms with Crippen LogP contribution in [0.3, 0.4) is 0 Å². The molecule has 2 heterocycles. The summed E-state index contributed by atoms with van der Waals surface area (Å²) in [4.78, 5) is 11.9. The van der Waals surface area contributed by atoms with Crippen molar-refractivity contribution in [2.75, 3.05) is 13.1 Å². The Kier molecular flexibility index (Phi) is 5.84. The number of aromatic hydroxyl groups is 2. The minimum absolute atomic E-state index is 0.0225. The predicted octanol–water partition coefficient (Wildman–Crippen LogP) is 4.40. The van der Waals surface area contributed by atoms with Crippen molar-refractivity contribution in [3.63, 3.8) is 0 Å². The van der Waals surface area contributed by atoms with Gasteiger partial charge in [0.05, 0.1) is 18.6 Å². The summed E-state index contributed by atoms with van der Waals surface area (Å²) in [6.45, 7) is 1.75. The first-order chi connectivity index (χ1) is 15.7. The van der Waals surface area contributed by atoms with Gasteiger partial charge < -0.3 is 20.5 Å². The van der Waals surface area contributed by atoms with Crippen LogP contribution in [0.25, 0.3) is 0 Å². The lowest BCUT2D eigenvalue weighted by Gasteiger charge is -2.26. The topological polar surface area (TPSA) is 93.5 Å². The first kappa shape index (κ1) is 20.6. The molecule has 1 aromatic heterocycles. The molecule has 6 rings (SSSR count). The molecule has 0 radical (unpaired) electrons. The lowest BCUT2D eigenvalue weighted by Crippen LogP contribution is -2.28. The Hall–Kier alpha value is -3.28. The van der Waals surface area contributed by atoms with Gasteiger partial charge in [-0.25, -0.2) is 4.98 Å². The maximum atomic E-state index is 9.63. The van der Waals surface area contributed by atoms with Gasteiger partial charge in [0, 0.05) is 24.6 Å². The number of H-pyrrole nitrogens is 1. The number of aliphatic imine (C=N–C) groups is 1. The molecule has 3 aromatic rings. The third-order valence-electron chi connectivity index (χ3n) is 6.83. The number of imidazole rings is 1. The molecule has 0 amide bonds. The molecule has 2 atom stereocenters. The molecule has 2 aliphatic carbocycles. The molecule has 0 bridgehead atoms. The number of nitrogens with one attached hydrogen (secondary N) is 2. The molecule has 4 N–H and O–H groups in total. The fourth-order valence-corrected chi connectivity index (χ4v) is 5.29. The molecule has 32 heavy (non-hydrogen) atoms. The van der Waals surface area contributed by atoms with E-state index in [1.54, 1.807) is 18.5 Å². The minimum atomic E-state index is -0.0331. The molecule has 2 aromatic carbocycles. The fourth-order valence-electron chi connectivity index (χ4n) is 5.29. The summed E-state index contributed by atoms with van der Waals surface area (Å²) < 4.78 is 0. The van der Waals surface area contributed by atoms with E-state index in [0.29, 0.717) is 5.92 Å². The standard InChI is InChI=1S/C13H16N2O2.C13H14N2/c16-11-6-8-2-1-3-9(10(8)7-12(11)17)13-14-4-5-15-13;1-2-6-11-10(4-1)5-3-7-12(11)13-8-14-9-15-13/h6-7,9,16-17H,1-5H2,(H,14,15);1-2,4,6,8-9,12H,3,5,7H2,(H,14,15). The molecule has 0 spiro atoms. The number of amidine groups is 1. The molecule has 6 heteroatoms. The molecule has 0 saturated heterocycles. The zero-order valence-electron chi connectivity index (χ0n) is 18.2. The first-order valence-electron chi connectivity index (χ1n) is 11.6. The minimum Gasteiger partial charge on any atom is -0.504 e. The monoisotopic (exact) mass is 430 g/mol. The Balaban J connectivity index is 0.000000136. The van der Waals surface area contributed by atoms with Crippen LogP contribution < -0.4 is 5.32 Å². The summed E-state index contributed by atoms with van der Waals surface area (Å²) >= 11 is 0. The van der Waals surface area contributed by atoms with Gasteiger partial charge in [0.25, 0.3) is 0 Å². The van der Waals surface area contributed by atoms with Crippen LogP contribution in [-0.4, -0.2) is 39.1 Å². The highest BCUT2D eigenvalue weighted by atomic mass is 16.3. The zero-order chi connectivity index (χ0) is 21.9. The zero-order valence-corrected chi connectivity index (χ0v) is 18.2. The molecule has 0 fully saturated rings. The Labute approximate surface area is 188 Å². The average Bonchev–Trinajstić information content (AvgIpc) is 3.54. The van der Waals surface area contributed by atoms with Gasteiger partial charge in [-0.2, -0.15) is 0 Å². The van der Waals surface area contributed by atoms with E-state index in [4.69, 9.17) is 0 Å². The van der Waals surface area contributed by atoms with Gasteiger partial charge in [-0.15, -0.1) is 0 Å². The molecule has 6 nitrogen and oxygen atoms in total. The summed E-state index contributed by atoms with van der Waals surface area (Å²) in [6.07, 6.45) is 10.6. The van der Waals surface area contributed by atoms with Crippen molar-refractivity contribution >= 4 is 5.84 Å². The van der Waals surface area contributed by atoms with E-state index >= 15 is 0 Å². The SMILES string of the molecule is Oc1cc2c(cc1O)C(C1=NCCN1)CCC2.c1ccc2c(c1)CCCC2c1c[nH]cn1. The van der Waals surface area contributed by atoms with Crippen molar-refractivity contribution in [1.29, 1.82) is 0 Å². The number of hydrogen-bond donors (Lipinski definition) is 4. The lowest BCUT2D eigenvalue weighted by atomic mass is 9.81. The molecular formula is C26H30N4O2. The van der Waals surface area contributed by atoms with E-state index < -0.39 is 0 Å². The number of aryl methyl sites for hydroxylation is 2. The second-order valence-corrected chi connectivity index (χ2v) is 8.82. The quantitative estimate of drug-likeness (QED) is 0.454. The molecule has 3 aliphatic rings. The van der Waals surface area contributed by atoms with Crippen molar-refractivity contribution in [2.24, 2.45) is 4.99 Å². The largest absolute Gasteiger partial charge is 0.504 e. The van der Waals surface area contributed by atoms with Gasteiger partial charge in [0.1, 0.15) is 5.84 Å².